The molecular weight excluding hydrogens is 232 g/mol. The largest absolute Gasteiger partial charge is 0.465 e. The number of hydrogen-bond acceptors (Lipinski definition) is 4. The maximum absolute atomic E-state index is 12.3. The molecule has 2 bridgehead atoms. The van der Waals surface area contributed by atoms with Crippen molar-refractivity contribution in [3.05, 3.63) is 0 Å². The second-order valence-electron chi connectivity index (χ2n) is 5.52. The van der Waals surface area contributed by atoms with Crippen molar-refractivity contribution in [3.63, 3.8) is 0 Å². The van der Waals surface area contributed by atoms with Crippen molar-refractivity contribution in [1.29, 1.82) is 0 Å². The molecule has 0 amide bonds. The van der Waals surface area contributed by atoms with Gasteiger partial charge in [0.15, 0.2) is 5.41 Å². The summed E-state index contributed by atoms with van der Waals surface area (Å²) in [6.45, 7) is 6.37. The van der Waals surface area contributed by atoms with Crippen LogP contribution < -0.4 is 0 Å². The molecule has 4 nitrogen and oxygen atoms in total. The number of rotatable bonds is 4. The van der Waals surface area contributed by atoms with E-state index >= 15 is 0 Å². The fourth-order valence-electron chi connectivity index (χ4n) is 3.71. The summed E-state index contributed by atoms with van der Waals surface area (Å²) in [7, 11) is 0. The summed E-state index contributed by atoms with van der Waals surface area (Å²) < 4.78 is 10.3. The lowest BCUT2D eigenvalue weighted by Crippen LogP contribution is -2.47. The molecule has 0 aromatic carbocycles. The van der Waals surface area contributed by atoms with Gasteiger partial charge in [0.1, 0.15) is 0 Å². The van der Waals surface area contributed by atoms with Crippen LogP contribution >= 0.6 is 0 Å². The summed E-state index contributed by atoms with van der Waals surface area (Å²) in [5, 5.41) is 0. The molecule has 0 N–H and O–H groups in total. The standard InChI is InChI=1S/C14H22O4/c1-4-17-12(15)14(13(16)18-5-2)8-10-7-11(14)6-9(10)3/h9-11H,4-8H2,1-3H3. The summed E-state index contributed by atoms with van der Waals surface area (Å²) in [6.07, 6.45) is 2.50. The number of ether oxygens (including phenoxy) is 2. The average molecular weight is 254 g/mol. The molecule has 0 heterocycles. The minimum absolute atomic E-state index is 0.107. The van der Waals surface area contributed by atoms with Crippen molar-refractivity contribution in [2.45, 2.75) is 40.0 Å². The lowest BCUT2D eigenvalue weighted by Gasteiger charge is -2.34. The van der Waals surface area contributed by atoms with Gasteiger partial charge in [-0.25, -0.2) is 0 Å². The van der Waals surface area contributed by atoms with Crippen LogP contribution in [0.25, 0.3) is 0 Å². The van der Waals surface area contributed by atoms with Gasteiger partial charge in [-0.3, -0.25) is 9.59 Å². The zero-order chi connectivity index (χ0) is 13.3. The van der Waals surface area contributed by atoms with Gasteiger partial charge >= 0.3 is 11.9 Å². The average Bonchev–Trinajstić information content (AvgIpc) is 2.86. The van der Waals surface area contributed by atoms with Gasteiger partial charge < -0.3 is 9.47 Å². The summed E-state index contributed by atoms with van der Waals surface area (Å²) in [4.78, 5) is 24.5. The normalized spacial score (nSPS) is 32.3. The Labute approximate surface area is 108 Å². The Hall–Kier alpha value is -1.06. The maximum Gasteiger partial charge on any atom is 0.323 e. The Bertz CT molecular complexity index is 330. The first kappa shape index (κ1) is 13.4. The van der Waals surface area contributed by atoms with E-state index in [4.69, 9.17) is 9.47 Å². The molecule has 3 unspecified atom stereocenters. The second-order valence-corrected chi connectivity index (χ2v) is 5.52. The molecule has 2 rings (SSSR count). The van der Waals surface area contributed by atoms with E-state index in [1.807, 2.05) is 0 Å². The van der Waals surface area contributed by atoms with Gasteiger partial charge in [0, 0.05) is 0 Å². The van der Waals surface area contributed by atoms with Crippen LogP contribution in [0.4, 0.5) is 0 Å². The molecule has 4 heteroatoms. The van der Waals surface area contributed by atoms with Crippen molar-refractivity contribution in [2.24, 2.45) is 23.2 Å². The van der Waals surface area contributed by atoms with E-state index in [2.05, 4.69) is 6.92 Å². The lowest BCUT2D eigenvalue weighted by atomic mass is 9.70. The van der Waals surface area contributed by atoms with Crippen LogP contribution in [0.3, 0.4) is 0 Å². The Morgan fingerprint density at radius 2 is 1.67 bits per heavy atom. The first-order chi connectivity index (χ1) is 8.56. The fraction of sp³-hybridized carbons (Fsp3) is 0.857. The molecule has 2 aliphatic rings. The van der Waals surface area contributed by atoms with E-state index in [9.17, 15) is 9.59 Å². The molecule has 3 atom stereocenters. The predicted molar refractivity (Wildman–Crippen MR) is 65.7 cm³/mol. The van der Waals surface area contributed by atoms with Gasteiger partial charge in [0.05, 0.1) is 13.2 Å². The summed E-state index contributed by atoms with van der Waals surface area (Å²) in [6, 6.07) is 0. The van der Waals surface area contributed by atoms with Gasteiger partial charge in [0.2, 0.25) is 0 Å². The minimum Gasteiger partial charge on any atom is -0.465 e. The van der Waals surface area contributed by atoms with Crippen LogP contribution in [0.2, 0.25) is 0 Å². The smallest absolute Gasteiger partial charge is 0.323 e. The highest BCUT2D eigenvalue weighted by molar-refractivity contribution is 6.01. The molecule has 0 aromatic heterocycles. The summed E-state index contributed by atoms with van der Waals surface area (Å²) in [5.41, 5.74) is -1.01. The van der Waals surface area contributed by atoms with Crippen molar-refractivity contribution in [2.75, 3.05) is 13.2 Å². The molecule has 2 saturated carbocycles. The number of esters is 2. The quantitative estimate of drug-likeness (QED) is 0.570. The van der Waals surface area contributed by atoms with Crippen molar-refractivity contribution >= 4 is 11.9 Å². The highest BCUT2D eigenvalue weighted by Crippen LogP contribution is 2.59. The van der Waals surface area contributed by atoms with Crippen LogP contribution in [0.5, 0.6) is 0 Å². The Balaban J connectivity index is 2.25. The molecule has 0 aliphatic heterocycles. The monoisotopic (exact) mass is 254 g/mol. The molecule has 0 saturated heterocycles. The van der Waals surface area contributed by atoms with Gasteiger partial charge in [-0.05, 0) is 50.9 Å². The lowest BCUT2D eigenvalue weighted by molar-refractivity contribution is -0.177. The number of carbonyl (C=O) groups excluding carboxylic acids is 2. The molecule has 0 radical (unpaired) electrons. The molecular formula is C14H22O4. The molecule has 0 aromatic rings. The van der Waals surface area contributed by atoms with E-state index in [1.165, 1.54) is 0 Å². The number of carbonyl (C=O) groups is 2. The molecule has 2 aliphatic carbocycles. The van der Waals surface area contributed by atoms with Crippen LogP contribution in [-0.2, 0) is 19.1 Å². The first-order valence-corrected chi connectivity index (χ1v) is 6.90. The zero-order valence-electron chi connectivity index (χ0n) is 11.4. The van der Waals surface area contributed by atoms with Gasteiger partial charge in [-0.15, -0.1) is 0 Å². The second kappa shape index (κ2) is 4.90. The van der Waals surface area contributed by atoms with E-state index in [0.29, 0.717) is 31.5 Å². The van der Waals surface area contributed by atoms with E-state index in [1.54, 1.807) is 13.8 Å². The third kappa shape index (κ3) is 1.82. The third-order valence-electron chi connectivity index (χ3n) is 4.61. The van der Waals surface area contributed by atoms with Crippen LogP contribution in [-0.4, -0.2) is 25.2 Å². The van der Waals surface area contributed by atoms with E-state index in [0.717, 1.165) is 12.8 Å². The SMILES string of the molecule is CCOC(=O)C1(C(=O)OCC)CC2CC1CC2C. The summed E-state index contributed by atoms with van der Waals surface area (Å²) in [5.74, 6) is 0.428. The first-order valence-electron chi connectivity index (χ1n) is 6.90. The van der Waals surface area contributed by atoms with Crippen molar-refractivity contribution in [3.8, 4) is 0 Å². The van der Waals surface area contributed by atoms with Crippen molar-refractivity contribution < 1.29 is 19.1 Å². The number of fused-ring (bicyclic) bond motifs is 2. The van der Waals surface area contributed by atoms with Gasteiger partial charge in [-0.2, -0.15) is 0 Å². The molecule has 102 valence electrons. The highest BCUT2D eigenvalue weighted by atomic mass is 16.6. The highest BCUT2D eigenvalue weighted by Gasteiger charge is 2.64. The van der Waals surface area contributed by atoms with Crippen LogP contribution in [0, 0.1) is 23.2 Å². The zero-order valence-corrected chi connectivity index (χ0v) is 11.4. The molecule has 18 heavy (non-hydrogen) atoms. The van der Waals surface area contributed by atoms with Gasteiger partial charge in [0.25, 0.3) is 0 Å². The Morgan fingerprint density at radius 1 is 1.11 bits per heavy atom. The van der Waals surface area contributed by atoms with Crippen LogP contribution in [0.15, 0.2) is 0 Å². The van der Waals surface area contributed by atoms with Gasteiger partial charge in [-0.1, -0.05) is 6.92 Å². The topological polar surface area (TPSA) is 52.6 Å². The van der Waals surface area contributed by atoms with Crippen LogP contribution in [0.1, 0.15) is 40.0 Å². The third-order valence-corrected chi connectivity index (χ3v) is 4.61. The van der Waals surface area contributed by atoms with E-state index < -0.39 is 5.41 Å². The molecule has 0 spiro atoms. The molecule has 2 fully saturated rings. The Kier molecular flexibility index (Phi) is 3.64. The van der Waals surface area contributed by atoms with E-state index in [-0.39, 0.29) is 17.9 Å². The predicted octanol–water partition coefficient (Wildman–Crippen LogP) is 2.17. The number of hydrogen-bond donors (Lipinski definition) is 0. The summed E-state index contributed by atoms with van der Waals surface area (Å²) >= 11 is 0. The maximum atomic E-state index is 12.3. The minimum atomic E-state index is -1.01. The Morgan fingerprint density at radius 3 is 2.00 bits per heavy atom. The fourth-order valence-corrected chi connectivity index (χ4v) is 3.71. The van der Waals surface area contributed by atoms with Crippen molar-refractivity contribution in [1.82, 2.24) is 0 Å².